The van der Waals surface area contributed by atoms with Crippen molar-refractivity contribution < 1.29 is 14.3 Å². The zero-order valence-corrected chi connectivity index (χ0v) is 17.9. The number of methoxy groups -OCH3 is 2. The third-order valence-electron chi connectivity index (χ3n) is 4.61. The first-order valence-electron chi connectivity index (χ1n) is 9.03. The molecule has 1 atom stereocenters. The van der Waals surface area contributed by atoms with Crippen molar-refractivity contribution in [3.63, 3.8) is 0 Å². The summed E-state index contributed by atoms with van der Waals surface area (Å²) in [5.41, 5.74) is 1.67. The second kappa shape index (κ2) is 10.3. The quantitative estimate of drug-likeness (QED) is 0.639. The van der Waals surface area contributed by atoms with Crippen LogP contribution in [-0.2, 0) is 0 Å². The van der Waals surface area contributed by atoms with Crippen molar-refractivity contribution in [3.8, 4) is 11.5 Å². The molecule has 0 aromatic heterocycles. The number of hydrogen-bond acceptors (Lipinski definition) is 4. The van der Waals surface area contributed by atoms with Crippen molar-refractivity contribution in [2.45, 2.75) is 19.9 Å². The fourth-order valence-electron chi connectivity index (χ4n) is 3.06. The summed E-state index contributed by atoms with van der Waals surface area (Å²) in [6.45, 7) is 6.51. The van der Waals surface area contributed by atoms with Crippen molar-refractivity contribution in [2.75, 3.05) is 33.9 Å². The van der Waals surface area contributed by atoms with E-state index in [0.29, 0.717) is 17.9 Å². The second-order valence-electron chi connectivity index (χ2n) is 6.07. The van der Waals surface area contributed by atoms with Gasteiger partial charge in [-0.25, -0.2) is 0 Å². The maximum atomic E-state index is 12.8. The lowest BCUT2D eigenvalue weighted by Crippen LogP contribution is -2.38. The molecule has 1 amide bonds. The number of amides is 1. The van der Waals surface area contributed by atoms with E-state index >= 15 is 0 Å². The van der Waals surface area contributed by atoms with Crippen LogP contribution in [0.2, 0.25) is 0 Å². The molecule has 2 rings (SSSR count). The molecule has 6 heteroatoms. The topological polar surface area (TPSA) is 50.8 Å². The summed E-state index contributed by atoms with van der Waals surface area (Å²) in [6, 6.07) is 13.4. The summed E-state index contributed by atoms with van der Waals surface area (Å²) in [5.74, 6) is 1.32. The van der Waals surface area contributed by atoms with E-state index in [9.17, 15) is 4.79 Å². The lowest BCUT2D eigenvalue weighted by molar-refractivity contribution is 0.0934. The highest BCUT2D eigenvalue weighted by Gasteiger charge is 2.20. The predicted octanol–water partition coefficient (Wildman–Crippen LogP) is 4.28. The fraction of sp³-hybridized carbons (Fsp3) is 0.381. The number of halogens is 1. The van der Waals surface area contributed by atoms with Gasteiger partial charge >= 0.3 is 0 Å². The van der Waals surface area contributed by atoms with E-state index in [1.54, 1.807) is 20.3 Å². The normalized spacial score (nSPS) is 11.9. The van der Waals surface area contributed by atoms with Crippen LogP contribution in [0, 0.1) is 0 Å². The van der Waals surface area contributed by atoms with Crippen LogP contribution < -0.4 is 14.8 Å². The van der Waals surface area contributed by atoms with Gasteiger partial charge in [0.2, 0.25) is 0 Å². The van der Waals surface area contributed by atoms with Gasteiger partial charge in [-0.15, -0.1) is 0 Å². The maximum absolute atomic E-state index is 12.8. The Morgan fingerprint density at radius 2 is 1.74 bits per heavy atom. The Labute approximate surface area is 169 Å². The molecule has 27 heavy (non-hydrogen) atoms. The van der Waals surface area contributed by atoms with E-state index in [0.717, 1.165) is 28.9 Å². The van der Waals surface area contributed by atoms with E-state index in [2.05, 4.69) is 46.1 Å². The largest absolute Gasteiger partial charge is 0.497 e. The second-order valence-corrected chi connectivity index (χ2v) is 6.92. The molecule has 0 aliphatic carbocycles. The molecule has 2 aromatic rings. The number of hydrogen-bond donors (Lipinski definition) is 1. The molecule has 0 heterocycles. The zero-order chi connectivity index (χ0) is 19.8. The number of nitrogens with one attached hydrogen (secondary N) is 1. The monoisotopic (exact) mass is 434 g/mol. The summed E-state index contributed by atoms with van der Waals surface area (Å²) in [6.07, 6.45) is 0. The van der Waals surface area contributed by atoms with Gasteiger partial charge in [-0.05, 0) is 64.9 Å². The highest BCUT2D eigenvalue weighted by Crippen LogP contribution is 2.25. The van der Waals surface area contributed by atoms with E-state index in [-0.39, 0.29) is 11.9 Å². The van der Waals surface area contributed by atoms with Crippen LogP contribution in [0.25, 0.3) is 0 Å². The summed E-state index contributed by atoms with van der Waals surface area (Å²) in [4.78, 5) is 15.1. The molecule has 1 N–H and O–H groups in total. The smallest absolute Gasteiger partial charge is 0.252 e. The Bertz CT molecular complexity index is 763. The van der Waals surface area contributed by atoms with Crippen LogP contribution in [-0.4, -0.2) is 44.7 Å². The van der Waals surface area contributed by atoms with Crippen LogP contribution in [0.3, 0.4) is 0 Å². The molecular formula is C21H27BrN2O3. The van der Waals surface area contributed by atoms with Crippen molar-refractivity contribution in [1.82, 2.24) is 10.2 Å². The van der Waals surface area contributed by atoms with Gasteiger partial charge in [-0.3, -0.25) is 9.69 Å². The fourth-order valence-corrected chi connectivity index (χ4v) is 3.49. The summed E-state index contributed by atoms with van der Waals surface area (Å²) < 4.78 is 11.3. The Morgan fingerprint density at radius 3 is 2.37 bits per heavy atom. The molecule has 146 valence electrons. The summed E-state index contributed by atoms with van der Waals surface area (Å²) >= 11 is 3.44. The average Bonchev–Trinajstić information content (AvgIpc) is 2.71. The summed E-state index contributed by atoms with van der Waals surface area (Å²) in [5, 5.41) is 3.07. The molecule has 0 radical (unpaired) electrons. The van der Waals surface area contributed by atoms with Crippen LogP contribution in [0.15, 0.2) is 46.9 Å². The number of benzene rings is 2. The number of likely N-dealkylation sites (N-methyl/N-ethyl adjacent to an activating group) is 1. The zero-order valence-electron chi connectivity index (χ0n) is 16.3. The lowest BCUT2D eigenvalue weighted by Gasteiger charge is -2.30. The molecule has 0 saturated carbocycles. The average molecular weight is 435 g/mol. The Morgan fingerprint density at radius 1 is 1.07 bits per heavy atom. The first kappa shape index (κ1) is 21.3. The lowest BCUT2D eigenvalue weighted by atomic mass is 10.0. The SMILES string of the molecule is CCN(CC)C(CNC(=O)c1cc(OC)ccc1Br)c1cccc(OC)c1. The van der Waals surface area contributed by atoms with Gasteiger partial charge < -0.3 is 14.8 Å². The van der Waals surface area contributed by atoms with Crippen molar-refractivity contribution in [1.29, 1.82) is 0 Å². The van der Waals surface area contributed by atoms with E-state index in [4.69, 9.17) is 9.47 Å². The van der Waals surface area contributed by atoms with Gasteiger partial charge in [0.15, 0.2) is 0 Å². The van der Waals surface area contributed by atoms with Gasteiger partial charge in [0.05, 0.1) is 25.8 Å². The number of carbonyl (C=O) groups is 1. The van der Waals surface area contributed by atoms with Crippen molar-refractivity contribution in [3.05, 3.63) is 58.1 Å². The van der Waals surface area contributed by atoms with E-state index in [1.165, 1.54) is 0 Å². The number of rotatable bonds is 9. The number of ether oxygens (including phenoxy) is 2. The third-order valence-corrected chi connectivity index (χ3v) is 5.30. The van der Waals surface area contributed by atoms with Crippen molar-refractivity contribution >= 4 is 21.8 Å². The Kier molecular flexibility index (Phi) is 8.13. The molecule has 0 aliphatic rings. The first-order chi connectivity index (χ1) is 13.0. The molecule has 0 spiro atoms. The van der Waals surface area contributed by atoms with E-state index in [1.807, 2.05) is 30.3 Å². The van der Waals surface area contributed by atoms with Crippen molar-refractivity contribution in [2.24, 2.45) is 0 Å². The number of carbonyl (C=O) groups excluding carboxylic acids is 1. The molecule has 0 aliphatic heterocycles. The molecule has 2 aromatic carbocycles. The highest BCUT2D eigenvalue weighted by atomic mass is 79.9. The van der Waals surface area contributed by atoms with Gasteiger partial charge in [0.1, 0.15) is 11.5 Å². The molecule has 5 nitrogen and oxygen atoms in total. The van der Waals surface area contributed by atoms with Crippen LogP contribution in [0.4, 0.5) is 0 Å². The Hall–Kier alpha value is -2.05. The van der Waals surface area contributed by atoms with Crippen LogP contribution in [0.5, 0.6) is 11.5 Å². The standard InChI is InChI=1S/C21H27BrN2O3/c1-5-24(6-2)20(15-8-7-9-16(12-15)26-3)14-23-21(25)18-13-17(27-4)10-11-19(18)22/h7-13,20H,5-6,14H2,1-4H3,(H,23,25). The Balaban J connectivity index is 2.21. The molecule has 0 fully saturated rings. The third kappa shape index (κ3) is 5.47. The van der Waals surface area contributed by atoms with E-state index < -0.39 is 0 Å². The molecule has 0 saturated heterocycles. The predicted molar refractivity (Wildman–Crippen MR) is 112 cm³/mol. The molecular weight excluding hydrogens is 408 g/mol. The minimum Gasteiger partial charge on any atom is -0.497 e. The molecule has 0 bridgehead atoms. The van der Waals surface area contributed by atoms with Crippen LogP contribution in [0.1, 0.15) is 35.8 Å². The summed E-state index contributed by atoms with van der Waals surface area (Å²) in [7, 11) is 3.25. The highest BCUT2D eigenvalue weighted by molar-refractivity contribution is 9.10. The molecule has 1 unspecified atom stereocenters. The van der Waals surface area contributed by atoms with Gasteiger partial charge in [-0.1, -0.05) is 26.0 Å². The van der Waals surface area contributed by atoms with Gasteiger partial charge in [0.25, 0.3) is 5.91 Å². The van der Waals surface area contributed by atoms with Gasteiger partial charge in [0, 0.05) is 11.0 Å². The maximum Gasteiger partial charge on any atom is 0.252 e. The van der Waals surface area contributed by atoms with Gasteiger partial charge in [-0.2, -0.15) is 0 Å². The first-order valence-corrected chi connectivity index (χ1v) is 9.83. The number of nitrogens with zero attached hydrogens (tertiary/aromatic N) is 1. The minimum absolute atomic E-state index is 0.0587. The van der Waals surface area contributed by atoms with Crippen LogP contribution >= 0.6 is 15.9 Å². The minimum atomic E-state index is -0.138.